The molecule has 0 saturated carbocycles. The van der Waals surface area contributed by atoms with E-state index in [0.717, 1.165) is 23.6 Å². The molecule has 1 heterocycles. The van der Waals surface area contributed by atoms with Gasteiger partial charge in [-0.15, -0.1) is 0 Å². The molecule has 0 unspecified atom stereocenters. The average Bonchev–Trinajstić information content (AvgIpc) is 2.16. The Balaban J connectivity index is 2.46. The van der Waals surface area contributed by atoms with Gasteiger partial charge in [0.1, 0.15) is 0 Å². The van der Waals surface area contributed by atoms with E-state index < -0.39 is 10.0 Å². The minimum absolute atomic E-state index is 0.128. The molecule has 1 amide bonds. The summed E-state index contributed by atoms with van der Waals surface area (Å²) in [6.07, 6.45) is 3.59. The molecule has 1 rings (SSSR count). The largest absolute Gasteiger partial charge is 0.274 e. The van der Waals surface area contributed by atoms with Crippen molar-refractivity contribution in [2.75, 3.05) is 12.3 Å². The van der Waals surface area contributed by atoms with Gasteiger partial charge in [-0.3, -0.25) is 4.79 Å². The predicted molar refractivity (Wildman–Crippen MR) is 63.4 cm³/mol. The van der Waals surface area contributed by atoms with E-state index in [0.29, 0.717) is 25.3 Å². The van der Waals surface area contributed by atoms with E-state index in [1.54, 1.807) is 0 Å². The first-order chi connectivity index (χ1) is 7.43. The third-order valence-corrected chi connectivity index (χ3v) is 4.66. The smallest absolute Gasteiger partial charge is 0.237 e. The second-order valence-corrected chi connectivity index (χ2v) is 6.79. The SMILES string of the molecule is CC(C)CCCC(=O)N1CCCCS1(=O)=O. The minimum atomic E-state index is -3.29. The Labute approximate surface area is 98.1 Å². The van der Waals surface area contributed by atoms with E-state index in [4.69, 9.17) is 0 Å². The number of carbonyl (C=O) groups excluding carboxylic acids is 1. The van der Waals surface area contributed by atoms with E-state index in [1.807, 2.05) is 0 Å². The molecule has 1 fully saturated rings. The van der Waals surface area contributed by atoms with Gasteiger partial charge in [0.2, 0.25) is 15.9 Å². The monoisotopic (exact) mass is 247 g/mol. The molecule has 0 spiro atoms. The summed E-state index contributed by atoms with van der Waals surface area (Å²) in [5.41, 5.74) is 0. The van der Waals surface area contributed by atoms with Crippen molar-refractivity contribution in [3.8, 4) is 0 Å². The number of sulfonamides is 1. The van der Waals surface area contributed by atoms with Crippen molar-refractivity contribution in [3.05, 3.63) is 0 Å². The summed E-state index contributed by atoms with van der Waals surface area (Å²) in [4.78, 5) is 11.7. The number of hydrogen-bond acceptors (Lipinski definition) is 3. The average molecular weight is 247 g/mol. The minimum Gasteiger partial charge on any atom is -0.274 e. The fourth-order valence-electron chi connectivity index (χ4n) is 1.86. The molecule has 1 aliphatic heterocycles. The Bertz CT molecular complexity index is 335. The van der Waals surface area contributed by atoms with Crippen molar-refractivity contribution in [2.24, 2.45) is 5.92 Å². The van der Waals surface area contributed by atoms with Gasteiger partial charge in [0.05, 0.1) is 5.75 Å². The Kier molecular flexibility index (Phi) is 4.77. The number of amides is 1. The lowest BCUT2D eigenvalue weighted by molar-refractivity contribution is -0.126. The van der Waals surface area contributed by atoms with E-state index in [2.05, 4.69) is 13.8 Å². The molecule has 0 aromatic carbocycles. The first kappa shape index (κ1) is 13.5. The van der Waals surface area contributed by atoms with Crippen molar-refractivity contribution >= 4 is 15.9 Å². The van der Waals surface area contributed by atoms with Crippen LogP contribution in [0.5, 0.6) is 0 Å². The predicted octanol–water partition coefficient (Wildman–Crippen LogP) is 1.76. The molecule has 0 radical (unpaired) electrons. The van der Waals surface area contributed by atoms with Gasteiger partial charge in [-0.25, -0.2) is 12.7 Å². The summed E-state index contributed by atoms with van der Waals surface area (Å²) in [6, 6.07) is 0. The van der Waals surface area contributed by atoms with Gasteiger partial charge < -0.3 is 0 Å². The summed E-state index contributed by atoms with van der Waals surface area (Å²) in [7, 11) is -3.29. The van der Waals surface area contributed by atoms with Gasteiger partial charge >= 0.3 is 0 Å². The quantitative estimate of drug-likeness (QED) is 0.760. The van der Waals surface area contributed by atoms with Crippen LogP contribution in [0.2, 0.25) is 0 Å². The molecule has 0 bridgehead atoms. The van der Waals surface area contributed by atoms with E-state index in [9.17, 15) is 13.2 Å². The van der Waals surface area contributed by atoms with Gasteiger partial charge in [-0.05, 0) is 25.2 Å². The molecule has 0 aliphatic carbocycles. The third-order valence-electron chi connectivity index (χ3n) is 2.80. The normalized spacial score (nSPS) is 20.1. The topological polar surface area (TPSA) is 54.5 Å². The van der Waals surface area contributed by atoms with Crippen LogP contribution in [0.3, 0.4) is 0 Å². The molecule has 0 atom stereocenters. The second kappa shape index (κ2) is 5.66. The van der Waals surface area contributed by atoms with Crippen LogP contribution >= 0.6 is 0 Å². The summed E-state index contributed by atoms with van der Waals surface area (Å²) < 4.78 is 24.3. The lowest BCUT2D eigenvalue weighted by atomic mass is 10.1. The maximum Gasteiger partial charge on any atom is 0.237 e. The van der Waals surface area contributed by atoms with Gasteiger partial charge in [0.15, 0.2) is 0 Å². The molecule has 0 N–H and O–H groups in total. The summed E-state index contributed by atoms with van der Waals surface area (Å²) in [6.45, 7) is 4.58. The van der Waals surface area contributed by atoms with Crippen molar-refractivity contribution in [3.63, 3.8) is 0 Å². The van der Waals surface area contributed by atoms with Gasteiger partial charge in [0.25, 0.3) is 0 Å². The van der Waals surface area contributed by atoms with Crippen LogP contribution in [-0.4, -0.2) is 30.9 Å². The second-order valence-electron chi connectivity index (χ2n) is 4.78. The lowest BCUT2D eigenvalue weighted by Crippen LogP contribution is -2.42. The van der Waals surface area contributed by atoms with E-state index >= 15 is 0 Å². The molecule has 1 saturated heterocycles. The lowest BCUT2D eigenvalue weighted by Gasteiger charge is -2.26. The Morgan fingerprint density at radius 2 is 2.00 bits per heavy atom. The van der Waals surface area contributed by atoms with Crippen LogP contribution in [0.25, 0.3) is 0 Å². The highest BCUT2D eigenvalue weighted by Gasteiger charge is 2.29. The summed E-state index contributed by atoms with van der Waals surface area (Å²) >= 11 is 0. The maximum absolute atomic E-state index is 11.7. The molecule has 16 heavy (non-hydrogen) atoms. The van der Waals surface area contributed by atoms with Crippen molar-refractivity contribution in [2.45, 2.75) is 46.0 Å². The highest BCUT2D eigenvalue weighted by Crippen LogP contribution is 2.16. The van der Waals surface area contributed by atoms with E-state index in [1.165, 1.54) is 0 Å². The number of rotatable bonds is 4. The molecular weight excluding hydrogens is 226 g/mol. The fourth-order valence-corrected chi connectivity index (χ4v) is 3.45. The highest BCUT2D eigenvalue weighted by molar-refractivity contribution is 7.89. The fraction of sp³-hybridized carbons (Fsp3) is 0.909. The van der Waals surface area contributed by atoms with Crippen LogP contribution in [0.4, 0.5) is 0 Å². The van der Waals surface area contributed by atoms with Crippen LogP contribution in [-0.2, 0) is 14.8 Å². The van der Waals surface area contributed by atoms with Crippen LogP contribution in [0, 0.1) is 5.92 Å². The zero-order valence-corrected chi connectivity index (χ0v) is 10.9. The van der Waals surface area contributed by atoms with Crippen LogP contribution in [0.15, 0.2) is 0 Å². The van der Waals surface area contributed by atoms with Crippen LogP contribution < -0.4 is 0 Å². The molecule has 0 aromatic heterocycles. The Morgan fingerprint density at radius 3 is 2.56 bits per heavy atom. The van der Waals surface area contributed by atoms with Crippen molar-refractivity contribution in [1.29, 1.82) is 0 Å². The van der Waals surface area contributed by atoms with Gasteiger partial charge in [0, 0.05) is 13.0 Å². The number of hydrogen-bond donors (Lipinski definition) is 0. The zero-order valence-electron chi connectivity index (χ0n) is 10.1. The molecule has 4 nitrogen and oxygen atoms in total. The first-order valence-corrected chi connectivity index (χ1v) is 7.57. The molecule has 94 valence electrons. The van der Waals surface area contributed by atoms with Crippen molar-refractivity contribution in [1.82, 2.24) is 4.31 Å². The molecule has 0 aromatic rings. The first-order valence-electron chi connectivity index (χ1n) is 5.97. The van der Waals surface area contributed by atoms with Gasteiger partial charge in [-0.2, -0.15) is 0 Å². The van der Waals surface area contributed by atoms with Gasteiger partial charge in [-0.1, -0.05) is 20.3 Å². The number of nitrogens with zero attached hydrogens (tertiary/aromatic N) is 1. The maximum atomic E-state index is 11.7. The molecule has 5 heteroatoms. The molecular formula is C11H21NO3S. The Hall–Kier alpha value is -0.580. The van der Waals surface area contributed by atoms with E-state index in [-0.39, 0.29) is 11.7 Å². The highest BCUT2D eigenvalue weighted by atomic mass is 32.2. The third kappa shape index (κ3) is 3.77. The summed E-state index contributed by atoms with van der Waals surface area (Å²) in [5, 5.41) is 0. The molecule has 1 aliphatic rings. The number of carbonyl (C=O) groups is 1. The van der Waals surface area contributed by atoms with Crippen LogP contribution in [0.1, 0.15) is 46.0 Å². The standard InChI is InChI=1S/C11H21NO3S/c1-10(2)6-5-7-11(13)12-8-3-4-9-16(12,14)15/h10H,3-9H2,1-2H3. The Morgan fingerprint density at radius 1 is 1.31 bits per heavy atom. The zero-order chi connectivity index (χ0) is 12.2. The summed E-state index contributed by atoms with van der Waals surface area (Å²) in [5.74, 6) is 0.467. The van der Waals surface area contributed by atoms with Crippen molar-refractivity contribution < 1.29 is 13.2 Å².